The van der Waals surface area contributed by atoms with Gasteiger partial charge in [-0.05, 0) is 43.3 Å². The van der Waals surface area contributed by atoms with Crippen LogP contribution >= 0.6 is 23.1 Å². The number of nitrogens with one attached hydrogen (secondary N) is 1. The monoisotopic (exact) mass is 460 g/mol. The Bertz CT molecular complexity index is 1130. The number of fused-ring (bicyclic) bond motifs is 1. The van der Waals surface area contributed by atoms with Gasteiger partial charge >= 0.3 is 11.9 Å². The lowest BCUT2D eigenvalue weighted by atomic mass is 10.1. The van der Waals surface area contributed by atoms with Crippen LogP contribution < -0.4 is 10.1 Å². The average molecular weight is 461 g/mol. The average Bonchev–Trinajstić information content (AvgIpc) is 3.19. The van der Waals surface area contributed by atoms with Gasteiger partial charge in [0, 0.05) is 0 Å². The Morgan fingerprint density at radius 2 is 1.84 bits per heavy atom. The van der Waals surface area contributed by atoms with E-state index in [1.165, 1.54) is 55.5 Å². The van der Waals surface area contributed by atoms with Crippen LogP contribution in [0.4, 0.5) is 5.69 Å². The highest BCUT2D eigenvalue weighted by Crippen LogP contribution is 2.32. The van der Waals surface area contributed by atoms with E-state index in [0.29, 0.717) is 6.61 Å². The van der Waals surface area contributed by atoms with Crippen molar-refractivity contribution < 1.29 is 28.6 Å². The minimum absolute atomic E-state index is 0.0706. The van der Waals surface area contributed by atoms with Gasteiger partial charge in [-0.25, -0.2) is 14.6 Å². The number of carbonyl (C=O) groups is 3. The van der Waals surface area contributed by atoms with Crippen molar-refractivity contribution in [2.45, 2.75) is 11.3 Å². The highest BCUT2D eigenvalue weighted by Gasteiger charge is 2.18. The van der Waals surface area contributed by atoms with Gasteiger partial charge in [-0.1, -0.05) is 11.8 Å². The first-order valence-corrected chi connectivity index (χ1v) is 11.0. The number of thioether (sulfide) groups is 1. The van der Waals surface area contributed by atoms with Crippen LogP contribution in [0, 0.1) is 0 Å². The molecular formula is C21H20N2O6S2. The fraction of sp³-hybridized carbons (Fsp3) is 0.238. The first-order valence-electron chi connectivity index (χ1n) is 9.21. The van der Waals surface area contributed by atoms with E-state index in [4.69, 9.17) is 14.2 Å². The molecule has 2 aromatic carbocycles. The summed E-state index contributed by atoms with van der Waals surface area (Å²) in [6, 6.07) is 9.87. The van der Waals surface area contributed by atoms with Crippen LogP contribution in [0.3, 0.4) is 0 Å². The lowest BCUT2D eigenvalue weighted by Gasteiger charge is -2.11. The SMILES string of the molecule is CCOc1ccc2nc(SCC(=O)Nc3cc(C(=O)OC)ccc3C(=O)OC)sc2c1. The first-order chi connectivity index (χ1) is 14.9. The molecule has 1 amide bonds. The Kier molecular flexibility index (Phi) is 7.48. The zero-order valence-corrected chi connectivity index (χ0v) is 18.7. The molecular weight excluding hydrogens is 440 g/mol. The van der Waals surface area contributed by atoms with Crippen LogP contribution in [0.15, 0.2) is 40.7 Å². The largest absolute Gasteiger partial charge is 0.494 e. The number of rotatable bonds is 8. The summed E-state index contributed by atoms with van der Waals surface area (Å²) in [7, 11) is 2.49. The third kappa shape index (κ3) is 5.53. The topological polar surface area (TPSA) is 104 Å². The second-order valence-corrected chi connectivity index (χ2v) is 8.38. The Morgan fingerprint density at radius 3 is 2.55 bits per heavy atom. The summed E-state index contributed by atoms with van der Waals surface area (Å²) < 4.78 is 16.6. The summed E-state index contributed by atoms with van der Waals surface area (Å²) in [5, 5.41) is 2.66. The Morgan fingerprint density at radius 1 is 1.06 bits per heavy atom. The minimum Gasteiger partial charge on any atom is -0.494 e. The summed E-state index contributed by atoms with van der Waals surface area (Å²) in [6.07, 6.45) is 0. The number of nitrogens with zero attached hydrogens (tertiary/aromatic N) is 1. The minimum atomic E-state index is -0.629. The van der Waals surface area contributed by atoms with Crippen molar-refractivity contribution in [2.75, 3.05) is 31.9 Å². The molecule has 0 aliphatic carbocycles. The zero-order valence-electron chi connectivity index (χ0n) is 17.1. The molecule has 0 aliphatic rings. The molecule has 3 rings (SSSR count). The van der Waals surface area contributed by atoms with Crippen molar-refractivity contribution >= 4 is 56.8 Å². The van der Waals surface area contributed by atoms with Crippen LogP contribution in [-0.4, -0.2) is 49.4 Å². The van der Waals surface area contributed by atoms with Crippen molar-refractivity contribution in [3.05, 3.63) is 47.5 Å². The number of benzene rings is 2. The van der Waals surface area contributed by atoms with Gasteiger partial charge in [0.2, 0.25) is 5.91 Å². The number of hydrogen-bond acceptors (Lipinski definition) is 9. The summed E-state index contributed by atoms with van der Waals surface area (Å²) >= 11 is 2.74. The molecule has 0 saturated carbocycles. The van der Waals surface area contributed by atoms with E-state index in [1.54, 1.807) is 0 Å². The molecule has 0 aliphatic heterocycles. The van der Waals surface area contributed by atoms with E-state index in [-0.39, 0.29) is 28.5 Å². The van der Waals surface area contributed by atoms with Crippen LogP contribution in [0.5, 0.6) is 5.75 Å². The molecule has 1 heterocycles. The number of methoxy groups -OCH3 is 2. The Balaban J connectivity index is 1.72. The van der Waals surface area contributed by atoms with Crippen LogP contribution in [-0.2, 0) is 14.3 Å². The van der Waals surface area contributed by atoms with Crippen molar-refractivity contribution in [3.63, 3.8) is 0 Å². The van der Waals surface area contributed by atoms with Crippen molar-refractivity contribution in [1.29, 1.82) is 0 Å². The molecule has 0 spiro atoms. The first kappa shape index (κ1) is 22.6. The highest BCUT2D eigenvalue weighted by molar-refractivity contribution is 8.01. The molecule has 1 N–H and O–H groups in total. The quantitative estimate of drug-likeness (QED) is 0.397. The maximum absolute atomic E-state index is 12.5. The Labute approximate surface area is 186 Å². The van der Waals surface area contributed by atoms with Crippen LogP contribution in [0.25, 0.3) is 10.2 Å². The second-order valence-electron chi connectivity index (χ2n) is 6.12. The third-order valence-corrected chi connectivity index (χ3v) is 6.26. The number of anilines is 1. The van der Waals surface area contributed by atoms with Crippen LogP contribution in [0.1, 0.15) is 27.6 Å². The summed E-state index contributed by atoms with van der Waals surface area (Å²) in [6.45, 7) is 2.50. The van der Waals surface area contributed by atoms with Gasteiger partial charge in [0.25, 0.3) is 0 Å². The molecule has 31 heavy (non-hydrogen) atoms. The lowest BCUT2D eigenvalue weighted by Crippen LogP contribution is -2.18. The Hall–Kier alpha value is -3.11. The van der Waals surface area contributed by atoms with Gasteiger partial charge in [0.1, 0.15) is 5.75 Å². The molecule has 0 unspecified atom stereocenters. The summed E-state index contributed by atoms with van der Waals surface area (Å²) in [4.78, 5) is 40.8. The molecule has 0 bridgehead atoms. The van der Waals surface area contributed by atoms with Gasteiger partial charge in [0.15, 0.2) is 4.34 Å². The number of aromatic nitrogens is 1. The number of amides is 1. The zero-order chi connectivity index (χ0) is 22.4. The van der Waals surface area contributed by atoms with Gasteiger partial charge in [-0.15, -0.1) is 11.3 Å². The van der Waals surface area contributed by atoms with Gasteiger partial charge in [0.05, 0.1) is 53.6 Å². The van der Waals surface area contributed by atoms with Crippen molar-refractivity contribution in [2.24, 2.45) is 0 Å². The van der Waals surface area contributed by atoms with E-state index < -0.39 is 11.9 Å². The molecule has 3 aromatic rings. The van der Waals surface area contributed by atoms with E-state index in [9.17, 15) is 14.4 Å². The maximum atomic E-state index is 12.5. The predicted molar refractivity (Wildman–Crippen MR) is 119 cm³/mol. The van der Waals surface area contributed by atoms with Gasteiger partial charge in [-0.2, -0.15) is 0 Å². The van der Waals surface area contributed by atoms with Gasteiger partial charge in [-0.3, -0.25) is 4.79 Å². The number of esters is 2. The third-order valence-electron chi connectivity index (χ3n) is 4.10. The number of ether oxygens (including phenoxy) is 3. The molecule has 0 atom stereocenters. The molecule has 0 fully saturated rings. The molecule has 8 nitrogen and oxygen atoms in total. The second kappa shape index (κ2) is 10.3. The molecule has 10 heteroatoms. The van der Waals surface area contributed by atoms with Crippen molar-refractivity contribution in [1.82, 2.24) is 4.98 Å². The smallest absolute Gasteiger partial charge is 0.339 e. The van der Waals surface area contributed by atoms with E-state index >= 15 is 0 Å². The molecule has 1 aromatic heterocycles. The fourth-order valence-corrected chi connectivity index (χ4v) is 4.59. The lowest BCUT2D eigenvalue weighted by molar-refractivity contribution is -0.113. The van der Waals surface area contributed by atoms with Gasteiger partial charge < -0.3 is 19.5 Å². The van der Waals surface area contributed by atoms with E-state index in [1.807, 2.05) is 25.1 Å². The molecule has 0 saturated heterocycles. The number of thiazole rings is 1. The van der Waals surface area contributed by atoms with Crippen molar-refractivity contribution in [3.8, 4) is 5.75 Å². The summed E-state index contributed by atoms with van der Waals surface area (Å²) in [5.74, 6) is -0.723. The van der Waals surface area contributed by atoms with Crippen LogP contribution in [0.2, 0.25) is 0 Å². The predicted octanol–water partition coefficient (Wildman–Crippen LogP) is 4.00. The molecule has 0 radical (unpaired) electrons. The molecule has 162 valence electrons. The maximum Gasteiger partial charge on any atom is 0.339 e. The standard InChI is InChI=1S/C21H20N2O6S2/c1-4-29-13-6-8-15-17(10-13)31-21(23-15)30-11-18(24)22-16-9-12(19(25)27-2)5-7-14(16)20(26)28-3/h5-10H,4,11H2,1-3H3,(H,22,24). The normalized spacial score (nSPS) is 10.5. The fourth-order valence-electron chi connectivity index (χ4n) is 2.70. The number of hydrogen-bond donors (Lipinski definition) is 1. The number of carbonyl (C=O) groups excluding carboxylic acids is 3. The summed E-state index contributed by atoms with van der Waals surface area (Å²) in [5.41, 5.74) is 1.34. The van der Waals surface area contributed by atoms with E-state index in [2.05, 4.69) is 10.3 Å². The van der Waals surface area contributed by atoms with E-state index in [0.717, 1.165) is 20.3 Å². The highest BCUT2D eigenvalue weighted by atomic mass is 32.2.